The van der Waals surface area contributed by atoms with Gasteiger partial charge in [-0.15, -0.1) is 0 Å². The first-order valence-electron chi connectivity index (χ1n) is 9.97. The fourth-order valence-electron chi connectivity index (χ4n) is 2.81. The van der Waals surface area contributed by atoms with Crippen molar-refractivity contribution in [1.29, 1.82) is 0 Å². The van der Waals surface area contributed by atoms with Gasteiger partial charge in [-0.2, -0.15) is 0 Å². The molecule has 0 heterocycles. The quantitative estimate of drug-likeness (QED) is 0.401. The van der Waals surface area contributed by atoms with Crippen molar-refractivity contribution in [3.05, 3.63) is 107 Å². The second kappa shape index (κ2) is 11.2. The molecule has 32 heavy (non-hydrogen) atoms. The summed E-state index contributed by atoms with van der Waals surface area (Å²) in [5.74, 6) is -1.58. The van der Waals surface area contributed by atoms with E-state index in [1.54, 1.807) is 78.9 Å². The number of ketones is 1. The first-order valence-corrected chi connectivity index (χ1v) is 9.97. The highest BCUT2D eigenvalue weighted by molar-refractivity contribution is 6.08. The Hall–Kier alpha value is -4.26. The largest absolute Gasteiger partial charge is 0.460 e. The van der Waals surface area contributed by atoms with Crippen molar-refractivity contribution in [3.8, 4) is 0 Å². The molecule has 3 aromatic rings. The molecule has 0 aliphatic rings. The van der Waals surface area contributed by atoms with Gasteiger partial charge < -0.3 is 15.4 Å². The third kappa shape index (κ3) is 6.63. The van der Waals surface area contributed by atoms with Crippen LogP contribution in [0.5, 0.6) is 0 Å². The number of carbonyl (C=O) groups is 4. The number of amides is 2. The Balaban J connectivity index is 1.38. The lowest BCUT2D eigenvalue weighted by atomic mass is 10.0. The summed E-state index contributed by atoms with van der Waals surface area (Å²) in [6, 6.07) is 24.2. The summed E-state index contributed by atoms with van der Waals surface area (Å²) < 4.78 is 5.13. The normalized spacial score (nSPS) is 10.1. The second-order valence-electron chi connectivity index (χ2n) is 6.88. The van der Waals surface area contributed by atoms with Gasteiger partial charge in [0.05, 0.1) is 6.54 Å². The maximum atomic E-state index is 12.4. The van der Waals surface area contributed by atoms with E-state index in [-0.39, 0.29) is 31.4 Å². The summed E-state index contributed by atoms with van der Waals surface area (Å²) in [7, 11) is 0. The predicted octanol–water partition coefficient (Wildman–Crippen LogP) is 2.51. The maximum Gasteiger partial charge on any atom is 0.325 e. The SMILES string of the molecule is O=C(CNC(=O)c1ccccc1)NCC(=O)OCc1ccc(C(=O)c2ccccc2)cc1. The van der Waals surface area contributed by atoms with E-state index >= 15 is 0 Å². The molecule has 162 valence electrons. The Bertz CT molecular complexity index is 1080. The molecule has 7 nitrogen and oxygen atoms in total. The minimum Gasteiger partial charge on any atom is -0.460 e. The average molecular weight is 430 g/mol. The van der Waals surface area contributed by atoms with Crippen LogP contribution in [0.4, 0.5) is 0 Å². The van der Waals surface area contributed by atoms with Gasteiger partial charge in [0, 0.05) is 16.7 Å². The molecule has 2 N–H and O–H groups in total. The van der Waals surface area contributed by atoms with E-state index in [0.29, 0.717) is 22.3 Å². The van der Waals surface area contributed by atoms with Crippen molar-refractivity contribution in [1.82, 2.24) is 10.6 Å². The van der Waals surface area contributed by atoms with Gasteiger partial charge in [0.15, 0.2) is 5.78 Å². The molecule has 0 atom stereocenters. The number of carbonyl (C=O) groups excluding carboxylic acids is 4. The highest BCUT2D eigenvalue weighted by Gasteiger charge is 2.11. The first kappa shape index (κ1) is 22.4. The number of benzene rings is 3. The molecule has 7 heteroatoms. The molecule has 2 amide bonds. The van der Waals surface area contributed by atoms with E-state index in [0.717, 1.165) is 0 Å². The molecular weight excluding hydrogens is 408 g/mol. The fourth-order valence-corrected chi connectivity index (χ4v) is 2.81. The zero-order valence-electron chi connectivity index (χ0n) is 17.2. The summed E-state index contributed by atoms with van der Waals surface area (Å²) in [5, 5.41) is 4.87. The molecule has 0 aliphatic carbocycles. The number of esters is 1. The smallest absolute Gasteiger partial charge is 0.325 e. The summed E-state index contributed by atoms with van der Waals surface area (Å²) in [6.07, 6.45) is 0. The second-order valence-corrected chi connectivity index (χ2v) is 6.88. The topological polar surface area (TPSA) is 102 Å². The van der Waals surface area contributed by atoms with Crippen molar-refractivity contribution >= 4 is 23.6 Å². The van der Waals surface area contributed by atoms with Crippen molar-refractivity contribution in [3.63, 3.8) is 0 Å². The molecule has 0 spiro atoms. The van der Waals surface area contributed by atoms with Gasteiger partial charge in [-0.05, 0) is 17.7 Å². The monoisotopic (exact) mass is 430 g/mol. The Morgan fingerprint density at radius 2 is 1.19 bits per heavy atom. The predicted molar refractivity (Wildman–Crippen MR) is 118 cm³/mol. The Morgan fingerprint density at radius 1 is 0.625 bits per heavy atom. The van der Waals surface area contributed by atoms with Gasteiger partial charge in [-0.3, -0.25) is 19.2 Å². The van der Waals surface area contributed by atoms with Gasteiger partial charge in [0.2, 0.25) is 5.91 Å². The highest BCUT2D eigenvalue weighted by atomic mass is 16.5. The van der Waals surface area contributed by atoms with E-state index in [9.17, 15) is 19.2 Å². The van der Waals surface area contributed by atoms with Crippen LogP contribution in [0.25, 0.3) is 0 Å². The molecule has 0 bridgehead atoms. The van der Waals surface area contributed by atoms with E-state index in [2.05, 4.69) is 10.6 Å². The minimum absolute atomic E-state index is 0.0131. The Kier molecular flexibility index (Phi) is 7.86. The lowest BCUT2D eigenvalue weighted by Crippen LogP contribution is -2.39. The van der Waals surface area contributed by atoms with Gasteiger partial charge in [-0.25, -0.2) is 0 Å². The molecule has 0 fully saturated rings. The first-order chi connectivity index (χ1) is 15.5. The zero-order valence-corrected chi connectivity index (χ0v) is 17.2. The number of hydrogen-bond donors (Lipinski definition) is 2. The lowest BCUT2D eigenvalue weighted by Gasteiger charge is -2.08. The molecule has 0 radical (unpaired) electrons. The van der Waals surface area contributed by atoms with Crippen molar-refractivity contribution in [2.75, 3.05) is 13.1 Å². The third-order valence-corrected chi connectivity index (χ3v) is 4.53. The zero-order chi connectivity index (χ0) is 22.8. The molecule has 0 aromatic heterocycles. The van der Waals surface area contributed by atoms with Crippen LogP contribution in [-0.4, -0.2) is 36.7 Å². The number of hydrogen-bond acceptors (Lipinski definition) is 5. The average Bonchev–Trinajstić information content (AvgIpc) is 2.85. The van der Waals surface area contributed by atoms with Gasteiger partial charge in [-0.1, -0.05) is 72.8 Å². The molecule has 0 aliphatic heterocycles. The summed E-state index contributed by atoms with van der Waals surface area (Å²) in [6.45, 7) is -0.554. The van der Waals surface area contributed by atoms with Gasteiger partial charge >= 0.3 is 5.97 Å². The van der Waals surface area contributed by atoms with Crippen LogP contribution in [0.15, 0.2) is 84.9 Å². The van der Waals surface area contributed by atoms with Crippen molar-refractivity contribution in [2.45, 2.75) is 6.61 Å². The van der Waals surface area contributed by atoms with E-state index < -0.39 is 11.9 Å². The van der Waals surface area contributed by atoms with Crippen LogP contribution in [-0.2, 0) is 20.9 Å². The summed E-state index contributed by atoms with van der Waals surface area (Å²) >= 11 is 0. The van der Waals surface area contributed by atoms with Gasteiger partial charge in [0.25, 0.3) is 5.91 Å². The molecule has 0 saturated carbocycles. The Labute approximate surface area is 185 Å². The van der Waals surface area contributed by atoms with Crippen LogP contribution >= 0.6 is 0 Å². The lowest BCUT2D eigenvalue weighted by molar-refractivity contribution is -0.145. The van der Waals surface area contributed by atoms with Crippen LogP contribution in [0, 0.1) is 0 Å². The fraction of sp³-hybridized carbons (Fsp3) is 0.120. The summed E-state index contributed by atoms with van der Waals surface area (Å²) in [5.41, 5.74) is 2.29. The standard InChI is InChI=1S/C25H22N2O5/c28-22(15-27-25(31)21-9-5-2-6-10-21)26-16-23(29)32-17-18-11-13-20(14-12-18)24(30)19-7-3-1-4-8-19/h1-14H,15-17H2,(H,26,28)(H,27,31). The van der Waals surface area contributed by atoms with E-state index in [4.69, 9.17) is 4.74 Å². The molecular formula is C25H22N2O5. The third-order valence-electron chi connectivity index (χ3n) is 4.53. The molecule has 0 unspecified atom stereocenters. The van der Waals surface area contributed by atoms with Crippen molar-refractivity contribution < 1.29 is 23.9 Å². The minimum atomic E-state index is -0.614. The number of ether oxygens (including phenoxy) is 1. The van der Waals surface area contributed by atoms with Crippen LogP contribution in [0.2, 0.25) is 0 Å². The van der Waals surface area contributed by atoms with Crippen LogP contribution in [0.1, 0.15) is 31.8 Å². The summed E-state index contributed by atoms with van der Waals surface area (Å²) in [4.78, 5) is 48.0. The molecule has 3 rings (SSSR count). The number of nitrogens with one attached hydrogen (secondary N) is 2. The van der Waals surface area contributed by atoms with Crippen molar-refractivity contribution in [2.24, 2.45) is 0 Å². The highest BCUT2D eigenvalue weighted by Crippen LogP contribution is 2.11. The Morgan fingerprint density at radius 3 is 1.81 bits per heavy atom. The molecule has 3 aromatic carbocycles. The van der Waals surface area contributed by atoms with Crippen LogP contribution in [0.3, 0.4) is 0 Å². The maximum absolute atomic E-state index is 12.4. The molecule has 0 saturated heterocycles. The van der Waals surface area contributed by atoms with Crippen LogP contribution < -0.4 is 10.6 Å². The van der Waals surface area contributed by atoms with E-state index in [1.165, 1.54) is 0 Å². The van der Waals surface area contributed by atoms with Gasteiger partial charge in [0.1, 0.15) is 13.2 Å². The number of rotatable bonds is 9. The van der Waals surface area contributed by atoms with E-state index in [1.807, 2.05) is 6.07 Å².